The van der Waals surface area contributed by atoms with Gasteiger partial charge in [-0.2, -0.15) is 9.61 Å². The molecule has 0 aliphatic heterocycles. The maximum atomic E-state index is 10.2. The zero-order valence-electron chi connectivity index (χ0n) is 24.6. The Kier molecular flexibility index (Phi) is 19.0. The zero-order chi connectivity index (χ0) is 30.7. The van der Waals surface area contributed by atoms with Crippen molar-refractivity contribution in [3.05, 3.63) is 57.5 Å². The van der Waals surface area contributed by atoms with E-state index in [1.807, 2.05) is 69.3 Å². The number of rotatable bonds is 7. The van der Waals surface area contributed by atoms with Gasteiger partial charge in [0.2, 0.25) is 0 Å². The van der Waals surface area contributed by atoms with E-state index in [9.17, 15) is 5.11 Å². The molecule has 3 heterocycles. The van der Waals surface area contributed by atoms with Crippen molar-refractivity contribution in [2.45, 2.75) is 80.2 Å². The van der Waals surface area contributed by atoms with Crippen LogP contribution in [0.15, 0.2) is 47.1 Å². The molecule has 1 aromatic carbocycles. The number of para-hydroxylation sites is 1. The summed E-state index contributed by atoms with van der Waals surface area (Å²) in [5.41, 5.74) is 3.15. The van der Waals surface area contributed by atoms with Crippen molar-refractivity contribution < 1.29 is 19.8 Å². The van der Waals surface area contributed by atoms with E-state index in [4.69, 9.17) is 14.7 Å². The molecule has 4 aromatic rings. The van der Waals surface area contributed by atoms with E-state index in [0.717, 1.165) is 59.2 Å². The summed E-state index contributed by atoms with van der Waals surface area (Å²) in [6.45, 7) is 15.7. The lowest BCUT2D eigenvalue weighted by molar-refractivity contribution is -0.106. The van der Waals surface area contributed by atoms with Crippen LogP contribution in [-0.4, -0.2) is 43.9 Å². The number of anilines is 1. The Labute approximate surface area is 250 Å². The number of nitrogens with zero attached hydrogens (tertiary/aromatic N) is 3. The van der Waals surface area contributed by atoms with E-state index in [1.165, 1.54) is 23.1 Å². The van der Waals surface area contributed by atoms with Gasteiger partial charge in [-0.15, -0.1) is 11.3 Å². The Hall–Kier alpha value is -3.24. The molecular weight excluding hydrogens is 592 g/mol. The van der Waals surface area contributed by atoms with Gasteiger partial charge in [0.05, 0.1) is 16.4 Å². The molecule has 220 valence electrons. The Morgan fingerprint density at radius 2 is 1.68 bits per heavy atom. The molecule has 0 atom stereocenters. The predicted octanol–water partition coefficient (Wildman–Crippen LogP) is 8.36. The van der Waals surface area contributed by atoms with E-state index in [-0.39, 0.29) is 5.75 Å². The van der Waals surface area contributed by atoms with E-state index < -0.39 is 0 Å². The van der Waals surface area contributed by atoms with Crippen molar-refractivity contribution in [3.8, 4) is 22.1 Å². The number of halogens is 1. The first-order chi connectivity index (χ1) is 19.2. The van der Waals surface area contributed by atoms with Crippen molar-refractivity contribution in [1.82, 2.24) is 14.6 Å². The van der Waals surface area contributed by atoms with Crippen LogP contribution in [0.3, 0.4) is 0 Å². The molecule has 0 saturated heterocycles. The molecule has 8 nitrogen and oxygen atoms in total. The quantitative estimate of drug-likeness (QED) is 0.175. The number of hydrogen-bond acceptors (Lipinski definition) is 8. The third kappa shape index (κ3) is 11.5. The van der Waals surface area contributed by atoms with Crippen LogP contribution in [0.1, 0.15) is 70.7 Å². The lowest BCUT2D eigenvalue weighted by Gasteiger charge is -2.20. The number of benzene rings is 1. The van der Waals surface area contributed by atoms with Crippen LogP contribution in [0.25, 0.3) is 16.9 Å². The van der Waals surface area contributed by atoms with Gasteiger partial charge in [-0.1, -0.05) is 52.7 Å². The predicted molar refractivity (Wildman–Crippen MR) is 171 cm³/mol. The second-order valence-corrected chi connectivity index (χ2v) is 10.4. The number of aromatic hydroxyl groups is 2. The third-order valence-electron chi connectivity index (χ3n) is 5.25. The second-order valence-electron chi connectivity index (χ2n) is 8.27. The maximum Gasteiger partial charge on any atom is 0.174 e. The number of hydrogen-bond donors (Lipinski definition) is 3. The van der Waals surface area contributed by atoms with Gasteiger partial charge in [-0.05, 0) is 67.7 Å². The first kappa shape index (κ1) is 36.8. The van der Waals surface area contributed by atoms with Crippen molar-refractivity contribution in [3.63, 3.8) is 0 Å². The number of phenols is 1. The number of fused-ring (bicyclic) bond motifs is 1. The average molecular weight is 636 g/mol. The van der Waals surface area contributed by atoms with Crippen LogP contribution in [-0.2, 0) is 9.59 Å². The number of aldehydes is 1. The standard InChI is InChI=1S/C19H23BrN4O.C6H8OS.C2H4O.C2H6.CH2O/c1-3-7-13(8-4-2)22-18-11-16(14-9-5-6-10-17(14)25)23-19-15(20)12-21-24(18)19;1-4-3-5(2)8-6(4)7;1-2-3;2*1-2/h5-6,9-13,22,25H,3-4,7-8H2,1-2H3;3,7H,1-2H3;2H,1H3;1-2H3;1H2. The molecule has 0 fully saturated rings. The SMILES string of the molecule is C=O.CC.CC=O.CCCC(CCC)Nc1cc(-c2ccccc2O)nc2c(Br)cnn12.Cc1cc(C)c(O)s1. The van der Waals surface area contributed by atoms with Gasteiger partial charge in [0.15, 0.2) is 10.7 Å². The van der Waals surface area contributed by atoms with Gasteiger partial charge in [0.1, 0.15) is 24.6 Å². The molecule has 3 aromatic heterocycles. The fraction of sp³-hybridized carbons (Fsp3) is 0.400. The molecular formula is C30H43BrN4O4S. The molecule has 4 rings (SSSR count). The van der Waals surface area contributed by atoms with E-state index in [2.05, 4.69) is 45.2 Å². The van der Waals surface area contributed by atoms with Crippen LogP contribution in [0.2, 0.25) is 0 Å². The molecule has 0 amide bonds. The van der Waals surface area contributed by atoms with Crippen LogP contribution in [0, 0.1) is 13.8 Å². The van der Waals surface area contributed by atoms with Crippen LogP contribution in [0.5, 0.6) is 10.8 Å². The van der Waals surface area contributed by atoms with Gasteiger partial charge in [-0.25, -0.2) is 4.98 Å². The minimum Gasteiger partial charge on any atom is -0.507 e. The highest BCUT2D eigenvalue weighted by molar-refractivity contribution is 9.10. The third-order valence-corrected chi connectivity index (χ3v) is 6.76. The fourth-order valence-corrected chi connectivity index (χ4v) is 4.80. The summed E-state index contributed by atoms with van der Waals surface area (Å²) in [6.07, 6.45) is 6.96. The summed E-state index contributed by atoms with van der Waals surface area (Å²) in [6, 6.07) is 11.6. The Morgan fingerprint density at radius 3 is 2.12 bits per heavy atom. The van der Waals surface area contributed by atoms with Gasteiger partial charge < -0.3 is 25.1 Å². The first-order valence-electron chi connectivity index (χ1n) is 13.3. The topological polar surface area (TPSA) is 117 Å². The number of aromatic nitrogens is 3. The molecule has 40 heavy (non-hydrogen) atoms. The minimum absolute atomic E-state index is 0.222. The van der Waals surface area contributed by atoms with Gasteiger partial charge >= 0.3 is 0 Å². The molecule has 0 aliphatic rings. The summed E-state index contributed by atoms with van der Waals surface area (Å²) >= 11 is 4.94. The number of aryl methyl sites for hydroxylation is 2. The minimum atomic E-state index is 0.222. The number of nitrogens with one attached hydrogen (secondary N) is 1. The van der Waals surface area contributed by atoms with Crippen LogP contribution in [0.4, 0.5) is 5.82 Å². The van der Waals surface area contributed by atoms with Crippen molar-refractivity contribution in [2.24, 2.45) is 0 Å². The lowest BCUT2D eigenvalue weighted by Crippen LogP contribution is -2.21. The molecule has 10 heteroatoms. The Morgan fingerprint density at radius 1 is 1.10 bits per heavy atom. The Bertz CT molecular complexity index is 1250. The van der Waals surface area contributed by atoms with Gasteiger partial charge in [-0.3, -0.25) is 0 Å². The van der Waals surface area contributed by atoms with E-state index in [1.54, 1.807) is 12.3 Å². The normalized spacial score (nSPS) is 9.62. The van der Waals surface area contributed by atoms with Crippen molar-refractivity contribution in [2.75, 3.05) is 5.32 Å². The smallest absolute Gasteiger partial charge is 0.174 e. The van der Waals surface area contributed by atoms with Crippen LogP contribution >= 0.6 is 27.3 Å². The highest BCUT2D eigenvalue weighted by atomic mass is 79.9. The number of phenolic OH excluding ortho intramolecular Hbond substituents is 1. The van der Waals surface area contributed by atoms with E-state index in [0.29, 0.717) is 16.7 Å². The largest absolute Gasteiger partial charge is 0.507 e. The highest BCUT2D eigenvalue weighted by Crippen LogP contribution is 2.31. The molecule has 3 N–H and O–H groups in total. The second kappa shape index (κ2) is 20.6. The summed E-state index contributed by atoms with van der Waals surface area (Å²) in [4.78, 5) is 22.7. The van der Waals surface area contributed by atoms with Crippen LogP contribution < -0.4 is 5.32 Å². The molecule has 0 aliphatic carbocycles. The summed E-state index contributed by atoms with van der Waals surface area (Å²) < 4.78 is 2.64. The monoisotopic (exact) mass is 634 g/mol. The number of carbonyl (C=O) groups is 2. The zero-order valence-corrected chi connectivity index (χ0v) is 27.0. The fourth-order valence-electron chi connectivity index (χ4n) is 3.69. The summed E-state index contributed by atoms with van der Waals surface area (Å²) in [5, 5.41) is 27.7. The summed E-state index contributed by atoms with van der Waals surface area (Å²) in [7, 11) is 0. The number of thiophene rings is 1. The molecule has 0 unspecified atom stereocenters. The van der Waals surface area contributed by atoms with Gasteiger partial charge in [0, 0.05) is 28.1 Å². The Balaban J connectivity index is 0.000000841. The molecule has 0 radical (unpaired) electrons. The van der Waals surface area contributed by atoms with Gasteiger partial charge in [0.25, 0.3) is 0 Å². The first-order valence-corrected chi connectivity index (χ1v) is 14.9. The summed E-state index contributed by atoms with van der Waals surface area (Å²) in [5.74, 6) is 1.11. The average Bonchev–Trinajstić information content (AvgIpc) is 3.47. The molecule has 0 spiro atoms. The molecule has 0 bridgehead atoms. The maximum absolute atomic E-state index is 10.2. The van der Waals surface area contributed by atoms with Crippen molar-refractivity contribution >= 4 is 51.8 Å². The van der Waals surface area contributed by atoms with Crippen molar-refractivity contribution in [1.29, 1.82) is 0 Å². The number of carbonyl (C=O) groups excluding carboxylic acids is 2. The molecule has 0 saturated carbocycles. The van der Waals surface area contributed by atoms with E-state index >= 15 is 0 Å². The highest BCUT2D eigenvalue weighted by Gasteiger charge is 2.16. The lowest BCUT2D eigenvalue weighted by atomic mass is 10.1.